The Morgan fingerprint density at radius 1 is 1.35 bits per heavy atom. The first-order valence-corrected chi connectivity index (χ1v) is 7.58. The van der Waals surface area contributed by atoms with Crippen molar-refractivity contribution >= 4 is 17.5 Å². The molecule has 6 nitrogen and oxygen atoms in total. The number of hydrogen-bond donors (Lipinski definition) is 1. The van der Waals surface area contributed by atoms with Crippen molar-refractivity contribution in [2.75, 3.05) is 20.3 Å². The van der Waals surface area contributed by atoms with E-state index in [0.29, 0.717) is 18.2 Å². The molecule has 0 bridgehead atoms. The number of halogens is 1. The molecule has 2 rings (SSSR count). The molecule has 1 amide bonds. The predicted molar refractivity (Wildman–Crippen MR) is 88.2 cm³/mol. The summed E-state index contributed by atoms with van der Waals surface area (Å²) in [5, 5.41) is 7.38. The van der Waals surface area contributed by atoms with Gasteiger partial charge in [-0.25, -0.2) is 4.68 Å². The Morgan fingerprint density at radius 2 is 2.04 bits per heavy atom. The van der Waals surface area contributed by atoms with Crippen molar-refractivity contribution in [3.05, 3.63) is 41.6 Å². The SMILES string of the molecule is COCCNC(=O)C(C)(C)Oc1nn(-c2ccccc2)cc1Cl. The summed E-state index contributed by atoms with van der Waals surface area (Å²) in [6.07, 6.45) is 1.64. The molecule has 0 unspecified atom stereocenters. The van der Waals surface area contributed by atoms with Crippen molar-refractivity contribution in [1.82, 2.24) is 15.1 Å². The maximum Gasteiger partial charge on any atom is 0.263 e. The minimum Gasteiger partial charge on any atom is -0.459 e. The highest BCUT2D eigenvalue weighted by Crippen LogP contribution is 2.27. The van der Waals surface area contributed by atoms with Gasteiger partial charge in [-0.3, -0.25) is 4.79 Å². The monoisotopic (exact) mass is 337 g/mol. The quantitative estimate of drug-likeness (QED) is 0.788. The van der Waals surface area contributed by atoms with E-state index in [1.165, 1.54) is 0 Å². The van der Waals surface area contributed by atoms with Crippen LogP contribution in [0.5, 0.6) is 5.88 Å². The van der Waals surface area contributed by atoms with Crippen molar-refractivity contribution < 1.29 is 14.3 Å². The zero-order valence-electron chi connectivity index (χ0n) is 13.4. The smallest absolute Gasteiger partial charge is 0.263 e. The van der Waals surface area contributed by atoms with Gasteiger partial charge in [0.2, 0.25) is 0 Å². The third kappa shape index (κ3) is 4.46. The van der Waals surface area contributed by atoms with E-state index in [0.717, 1.165) is 5.69 Å². The number of para-hydroxylation sites is 1. The molecule has 0 radical (unpaired) electrons. The van der Waals surface area contributed by atoms with Crippen LogP contribution in [0.25, 0.3) is 5.69 Å². The molecule has 0 saturated heterocycles. The number of methoxy groups -OCH3 is 1. The Kier molecular flexibility index (Phi) is 5.63. The van der Waals surface area contributed by atoms with Gasteiger partial charge in [-0.15, -0.1) is 5.10 Å². The van der Waals surface area contributed by atoms with Crippen molar-refractivity contribution in [2.24, 2.45) is 0 Å². The van der Waals surface area contributed by atoms with E-state index in [1.807, 2.05) is 30.3 Å². The summed E-state index contributed by atoms with van der Waals surface area (Å²) in [7, 11) is 1.57. The van der Waals surface area contributed by atoms with Crippen LogP contribution < -0.4 is 10.1 Å². The molecule has 0 atom stereocenters. The molecule has 23 heavy (non-hydrogen) atoms. The highest BCUT2D eigenvalue weighted by molar-refractivity contribution is 6.31. The average molecular weight is 338 g/mol. The van der Waals surface area contributed by atoms with Crippen molar-refractivity contribution in [3.8, 4) is 11.6 Å². The van der Waals surface area contributed by atoms with Crippen LogP contribution >= 0.6 is 11.6 Å². The van der Waals surface area contributed by atoms with E-state index in [2.05, 4.69) is 10.4 Å². The molecule has 1 aromatic heterocycles. The molecule has 1 N–H and O–H groups in total. The number of benzene rings is 1. The van der Waals surface area contributed by atoms with Gasteiger partial charge < -0.3 is 14.8 Å². The minimum atomic E-state index is -1.10. The van der Waals surface area contributed by atoms with Gasteiger partial charge in [-0.2, -0.15) is 0 Å². The first-order chi connectivity index (χ1) is 10.9. The molecule has 1 heterocycles. The van der Waals surface area contributed by atoms with Crippen molar-refractivity contribution in [1.29, 1.82) is 0 Å². The van der Waals surface area contributed by atoms with Gasteiger partial charge in [-0.1, -0.05) is 29.8 Å². The lowest BCUT2D eigenvalue weighted by Crippen LogP contribution is -2.47. The van der Waals surface area contributed by atoms with Gasteiger partial charge >= 0.3 is 0 Å². The van der Waals surface area contributed by atoms with Crippen LogP contribution in [0.2, 0.25) is 5.02 Å². The molecular formula is C16H20ClN3O3. The molecule has 2 aromatic rings. The lowest BCUT2D eigenvalue weighted by molar-refractivity contribution is -0.134. The Morgan fingerprint density at radius 3 is 2.70 bits per heavy atom. The maximum absolute atomic E-state index is 12.2. The Bertz CT molecular complexity index is 656. The number of carbonyl (C=O) groups is 1. The second-order valence-corrected chi connectivity index (χ2v) is 5.83. The van der Waals surface area contributed by atoms with E-state index in [4.69, 9.17) is 21.1 Å². The van der Waals surface area contributed by atoms with Crippen LogP contribution in [0.3, 0.4) is 0 Å². The lowest BCUT2D eigenvalue weighted by Gasteiger charge is -2.24. The number of carbonyl (C=O) groups excluding carboxylic acids is 1. The summed E-state index contributed by atoms with van der Waals surface area (Å²) in [5.74, 6) is -0.0534. The van der Waals surface area contributed by atoms with E-state index >= 15 is 0 Å². The van der Waals surface area contributed by atoms with Crippen LogP contribution in [0.1, 0.15) is 13.8 Å². The number of nitrogens with one attached hydrogen (secondary N) is 1. The fourth-order valence-electron chi connectivity index (χ4n) is 1.89. The molecule has 0 saturated carbocycles. The summed E-state index contributed by atoms with van der Waals surface area (Å²) in [4.78, 5) is 12.2. The van der Waals surface area contributed by atoms with Crippen molar-refractivity contribution in [3.63, 3.8) is 0 Å². The Balaban J connectivity index is 2.10. The van der Waals surface area contributed by atoms with Gasteiger partial charge in [0.25, 0.3) is 11.8 Å². The van der Waals surface area contributed by atoms with Crippen LogP contribution in [-0.4, -0.2) is 41.6 Å². The summed E-state index contributed by atoms with van der Waals surface area (Å²) < 4.78 is 12.2. The standard InChI is InChI=1S/C16H20ClN3O3/c1-16(2,15(21)18-9-10-22-3)23-14-13(17)11-20(19-14)12-7-5-4-6-8-12/h4-8,11H,9-10H2,1-3H3,(H,18,21). The van der Waals surface area contributed by atoms with Crippen LogP contribution in [0.15, 0.2) is 36.5 Å². The third-order valence-corrected chi connectivity index (χ3v) is 3.41. The Hall–Kier alpha value is -2.05. The zero-order valence-corrected chi connectivity index (χ0v) is 14.1. The average Bonchev–Trinajstić information content (AvgIpc) is 2.88. The van der Waals surface area contributed by atoms with E-state index in [1.54, 1.807) is 31.8 Å². The van der Waals surface area contributed by atoms with Gasteiger partial charge in [0.05, 0.1) is 18.5 Å². The summed E-state index contributed by atoms with van der Waals surface area (Å²) >= 11 is 6.17. The summed E-state index contributed by atoms with van der Waals surface area (Å²) in [6.45, 7) is 4.17. The van der Waals surface area contributed by atoms with E-state index in [-0.39, 0.29) is 11.8 Å². The largest absolute Gasteiger partial charge is 0.459 e. The van der Waals surface area contributed by atoms with Gasteiger partial charge in [-0.05, 0) is 26.0 Å². The molecule has 0 aliphatic carbocycles. The second kappa shape index (κ2) is 7.48. The molecule has 1 aromatic carbocycles. The number of rotatable bonds is 7. The summed E-state index contributed by atoms with van der Waals surface area (Å²) in [6, 6.07) is 9.52. The van der Waals surface area contributed by atoms with E-state index in [9.17, 15) is 4.79 Å². The van der Waals surface area contributed by atoms with Gasteiger partial charge in [0.1, 0.15) is 5.02 Å². The molecule has 0 aliphatic rings. The third-order valence-electron chi connectivity index (χ3n) is 3.15. The molecule has 124 valence electrons. The van der Waals surface area contributed by atoms with Crippen molar-refractivity contribution in [2.45, 2.75) is 19.4 Å². The zero-order chi connectivity index (χ0) is 16.9. The fraction of sp³-hybridized carbons (Fsp3) is 0.375. The first kappa shape index (κ1) is 17.3. The number of aromatic nitrogens is 2. The number of nitrogens with zero attached hydrogens (tertiary/aromatic N) is 2. The predicted octanol–water partition coefficient (Wildman–Crippen LogP) is 2.45. The Labute approximate surface area is 140 Å². The summed E-state index contributed by atoms with van der Waals surface area (Å²) in [5.41, 5.74) is -0.251. The molecule has 0 spiro atoms. The normalized spacial score (nSPS) is 11.3. The van der Waals surface area contributed by atoms with Crippen LogP contribution in [0, 0.1) is 0 Å². The molecule has 7 heteroatoms. The number of ether oxygens (including phenoxy) is 2. The lowest BCUT2D eigenvalue weighted by atomic mass is 10.1. The first-order valence-electron chi connectivity index (χ1n) is 7.21. The van der Waals surface area contributed by atoms with Crippen LogP contribution in [-0.2, 0) is 9.53 Å². The van der Waals surface area contributed by atoms with Gasteiger partial charge in [0.15, 0.2) is 5.60 Å². The second-order valence-electron chi connectivity index (χ2n) is 5.42. The highest BCUT2D eigenvalue weighted by Gasteiger charge is 2.31. The highest BCUT2D eigenvalue weighted by atomic mass is 35.5. The molecule has 0 fully saturated rings. The van der Waals surface area contributed by atoms with E-state index < -0.39 is 5.60 Å². The fourth-order valence-corrected chi connectivity index (χ4v) is 2.06. The topological polar surface area (TPSA) is 65.4 Å². The number of hydrogen-bond acceptors (Lipinski definition) is 4. The maximum atomic E-state index is 12.2. The molecule has 0 aliphatic heterocycles. The number of amides is 1. The molecular weight excluding hydrogens is 318 g/mol. The van der Waals surface area contributed by atoms with Gasteiger partial charge in [0, 0.05) is 13.7 Å². The van der Waals surface area contributed by atoms with Crippen LogP contribution in [0.4, 0.5) is 0 Å². The minimum absolute atomic E-state index is 0.211.